The molecule has 1 aliphatic heterocycles. The Hall–Kier alpha value is -2.54. The number of thioether (sulfide) groups is 1. The fourth-order valence-electron chi connectivity index (χ4n) is 3.51. The maximum absolute atomic E-state index is 14.8. The summed E-state index contributed by atoms with van der Waals surface area (Å²) in [5.74, 6) is 0.445. The summed E-state index contributed by atoms with van der Waals surface area (Å²) < 4.78 is 22.3. The van der Waals surface area contributed by atoms with Gasteiger partial charge in [-0.05, 0) is 50.8 Å². The molecule has 0 radical (unpaired) electrons. The number of ether oxygens (including phenoxy) is 1. The first-order chi connectivity index (χ1) is 13.7. The molecule has 0 saturated heterocycles. The van der Waals surface area contributed by atoms with E-state index >= 15 is 0 Å². The zero-order chi connectivity index (χ0) is 20.8. The molecule has 0 aliphatic carbocycles. The van der Waals surface area contributed by atoms with Gasteiger partial charge in [0, 0.05) is 29.6 Å². The van der Waals surface area contributed by atoms with E-state index in [2.05, 4.69) is 9.55 Å². The number of nitrogens with zero attached hydrogens (tertiary/aromatic N) is 3. The standard InChI is InChI=1S/C22H24FN3O2S/c1-22(2,3)28-21(27)25-9-10-26-19-11-16(14-5-7-15(29-4)8-6-14)17(23)12-18(19)24-20(26)13-25/h5-8,11-12H,9-10,13H2,1-4H3. The largest absolute Gasteiger partial charge is 0.444 e. The number of aromatic nitrogens is 2. The summed E-state index contributed by atoms with van der Waals surface area (Å²) in [5, 5.41) is 0. The molecule has 0 N–H and O–H groups in total. The third-order valence-electron chi connectivity index (χ3n) is 4.89. The summed E-state index contributed by atoms with van der Waals surface area (Å²) in [5.41, 5.74) is 2.34. The van der Waals surface area contributed by atoms with Crippen LogP contribution < -0.4 is 0 Å². The first kappa shape index (κ1) is 19.8. The van der Waals surface area contributed by atoms with E-state index in [1.54, 1.807) is 16.7 Å². The zero-order valence-electron chi connectivity index (χ0n) is 17.0. The second-order valence-corrected chi connectivity index (χ2v) is 9.01. The molecule has 4 rings (SSSR count). The number of carbonyl (C=O) groups is 1. The molecule has 7 heteroatoms. The second kappa shape index (κ2) is 7.37. The van der Waals surface area contributed by atoms with Crippen molar-refractivity contribution >= 4 is 28.9 Å². The molecule has 1 aliphatic rings. The predicted molar refractivity (Wildman–Crippen MR) is 114 cm³/mol. The van der Waals surface area contributed by atoms with Crippen molar-refractivity contribution in [3.05, 3.63) is 48.0 Å². The minimum atomic E-state index is -0.543. The number of fused-ring (bicyclic) bond motifs is 3. The quantitative estimate of drug-likeness (QED) is 0.534. The van der Waals surface area contributed by atoms with Crippen molar-refractivity contribution in [3.8, 4) is 11.1 Å². The lowest BCUT2D eigenvalue weighted by Gasteiger charge is -2.30. The monoisotopic (exact) mass is 413 g/mol. The molecule has 0 atom stereocenters. The highest BCUT2D eigenvalue weighted by atomic mass is 32.2. The van der Waals surface area contributed by atoms with E-state index in [1.165, 1.54) is 6.07 Å². The molecule has 29 heavy (non-hydrogen) atoms. The Morgan fingerprint density at radius 1 is 1.17 bits per heavy atom. The van der Waals surface area contributed by atoms with Crippen LogP contribution in [0.1, 0.15) is 26.6 Å². The molecule has 5 nitrogen and oxygen atoms in total. The van der Waals surface area contributed by atoms with Crippen LogP contribution in [0.5, 0.6) is 0 Å². The van der Waals surface area contributed by atoms with Gasteiger partial charge in [0.2, 0.25) is 0 Å². The average Bonchev–Trinajstić information content (AvgIpc) is 3.02. The molecule has 0 fully saturated rings. The number of imidazole rings is 1. The average molecular weight is 414 g/mol. The van der Waals surface area contributed by atoms with Crippen molar-refractivity contribution in [2.24, 2.45) is 0 Å². The van der Waals surface area contributed by atoms with E-state index in [0.717, 1.165) is 21.8 Å². The number of hydrogen-bond acceptors (Lipinski definition) is 4. The molecule has 0 bridgehead atoms. The summed E-state index contributed by atoms with van der Waals surface area (Å²) >= 11 is 1.65. The number of hydrogen-bond donors (Lipinski definition) is 0. The van der Waals surface area contributed by atoms with Gasteiger partial charge in [-0.2, -0.15) is 0 Å². The van der Waals surface area contributed by atoms with Crippen molar-refractivity contribution in [2.45, 2.75) is 44.4 Å². The number of rotatable bonds is 2. The van der Waals surface area contributed by atoms with Gasteiger partial charge in [-0.15, -0.1) is 11.8 Å². The van der Waals surface area contributed by atoms with Crippen LogP contribution in [-0.2, 0) is 17.8 Å². The normalized spacial score (nSPS) is 14.2. The van der Waals surface area contributed by atoms with Crippen LogP contribution in [0, 0.1) is 5.82 Å². The first-order valence-electron chi connectivity index (χ1n) is 9.56. The van der Waals surface area contributed by atoms with Crippen LogP contribution in [0.3, 0.4) is 0 Å². The molecule has 1 aromatic heterocycles. The lowest BCUT2D eigenvalue weighted by Crippen LogP contribution is -2.41. The van der Waals surface area contributed by atoms with E-state index in [4.69, 9.17) is 4.74 Å². The number of halogens is 1. The van der Waals surface area contributed by atoms with Crippen molar-refractivity contribution in [1.29, 1.82) is 0 Å². The topological polar surface area (TPSA) is 47.4 Å². The van der Waals surface area contributed by atoms with Crippen LogP contribution in [0.25, 0.3) is 22.2 Å². The first-order valence-corrected chi connectivity index (χ1v) is 10.8. The van der Waals surface area contributed by atoms with Gasteiger partial charge in [0.1, 0.15) is 17.2 Å². The van der Waals surface area contributed by atoms with Crippen molar-refractivity contribution < 1.29 is 13.9 Å². The smallest absolute Gasteiger partial charge is 0.410 e. The van der Waals surface area contributed by atoms with Gasteiger partial charge in [0.05, 0.1) is 17.6 Å². The van der Waals surface area contributed by atoms with Gasteiger partial charge >= 0.3 is 6.09 Å². The molecule has 0 spiro atoms. The minimum absolute atomic E-state index is 0.297. The molecule has 0 unspecified atom stereocenters. The summed E-state index contributed by atoms with van der Waals surface area (Å²) in [6.45, 7) is 7.02. The van der Waals surface area contributed by atoms with Gasteiger partial charge in [0.25, 0.3) is 0 Å². The van der Waals surface area contributed by atoms with Crippen LogP contribution >= 0.6 is 11.8 Å². The molecule has 0 saturated carbocycles. The minimum Gasteiger partial charge on any atom is -0.444 e. The van der Waals surface area contributed by atoms with Crippen molar-refractivity contribution in [3.63, 3.8) is 0 Å². The molecular formula is C22H24FN3O2S. The van der Waals surface area contributed by atoms with Gasteiger partial charge < -0.3 is 9.30 Å². The van der Waals surface area contributed by atoms with Gasteiger partial charge in [0.15, 0.2) is 0 Å². The van der Waals surface area contributed by atoms with E-state index < -0.39 is 5.60 Å². The number of benzene rings is 2. The summed E-state index contributed by atoms with van der Waals surface area (Å²) in [6, 6.07) is 11.2. The van der Waals surface area contributed by atoms with Crippen LogP contribution in [-0.4, -0.2) is 38.9 Å². The molecule has 3 aromatic rings. The maximum atomic E-state index is 14.8. The highest BCUT2D eigenvalue weighted by Crippen LogP contribution is 2.31. The third-order valence-corrected chi connectivity index (χ3v) is 5.64. The van der Waals surface area contributed by atoms with Gasteiger partial charge in [-0.1, -0.05) is 12.1 Å². The number of amides is 1. The molecule has 1 amide bonds. The highest BCUT2D eigenvalue weighted by Gasteiger charge is 2.28. The van der Waals surface area contributed by atoms with Gasteiger partial charge in [-0.25, -0.2) is 14.2 Å². The SMILES string of the molecule is CSc1ccc(-c2cc3c(cc2F)nc2n3CCN(C(=O)OC(C)(C)C)C2)cc1. The van der Waals surface area contributed by atoms with E-state index in [-0.39, 0.29) is 11.9 Å². The van der Waals surface area contributed by atoms with E-state index in [1.807, 2.05) is 57.4 Å². The predicted octanol–water partition coefficient (Wildman–Crippen LogP) is 5.32. The van der Waals surface area contributed by atoms with Crippen molar-refractivity contribution in [1.82, 2.24) is 14.5 Å². The fourth-order valence-corrected chi connectivity index (χ4v) is 3.92. The Morgan fingerprint density at radius 3 is 2.55 bits per heavy atom. The highest BCUT2D eigenvalue weighted by molar-refractivity contribution is 7.98. The molecule has 2 heterocycles. The van der Waals surface area contributed by atoms with Crippen LogP contribution in [0.4, 0.5) is 9.18 Å². The second-order valence-electron chi connectivity index (χ2n) is 8.13. The number of carbonyl (C=O) groups excluding carboxylic acids is 1. The Balaban J connectivity index is 1.67. The lowest BCUT2D eigenvalue weighted by atomic mass is 10.0. The van der Waals surface area contributed by atoms with E-state index in [0.29, 0.717) is 30.7 Å². The van der Waals surface area contributed by atoms with E-state index in [9.17, 15) is 9.18 Å². The summed E-state index contributed by atoms with van der Waals surface area (Å²) in [4.78, 5) is 19.7. The Labute approximate surface area is 173 Å². The Bertz CT molecular complexity index is 1070. The Morgan fingerprint density at radius 2 is 1.90 bits per heavy atom. The van der Waals surface area contributed by atoms with Gasteiger partial charge in [-0.3, -0.25) is 4.90 Å². The summed E-state index contributed by atoms with van der Waals surface area (Å²) in [7, 11) is 0. The molecule has 152 valence electrons. The molecule has 2 aromatic carbocycles. The maximum Gasteiger partial charge on any atom is 0.410 e. The summed E-state index contributed by atoms with van der Waals surface area (Å²) in [6.07, 6.45) is 1.66. The lowest BCUT2D eigenvalue weighted by molar-refractivity contribution is 0.0196. The van der Waals surface area contributed by atoms with Crippen molar-refractivity contribution in [2.75, 3.05) is 12.8 Å². The zero-order valence-corrected chi connectivity index (χ0v) is 17.8. The fraction of sp³-hybridized carbons (Fsp3) is 0.364. The third kappa shape index (κ3) is 3.96. The van der Waals surface area contributed by atoms with Crippen LogP contribution in [0.2, 0.25) is 0 Å². The van der Waals surface area contributed by atoms with Crippen LogP contribution in [0.15, 0.2) is 41.3 Å². The molecular weight excluding hydrogens is 389 g/mol. The Kier molecular flexibility index (Phi) is 5.02.